The summed E-state index contributed by atoms with van der Waals surface area (Å²) in [5.74, 6) is 1.85. The quantitative estimate of drug-likeness (QED) is 0.326. The molecule has 0 unspecified atom stereocenters. The molecule has 0 radical (unpaired) electrons. The molecule has 0 saturated carbocycles. The predicted molar refractivity (Wildman–Crippen MR) is 135 cm³/mol. The maximum absolute atomic E-state index is 4.81. The van der Waals surface area contributed by atoms with Gasteiger partial charge in [0.1, 0.15) is 5.82 Å². The monoisotopic (exact) mass is 420 g/mol. The van der Waals surface area contributed by atoms with E-state index < -0.39 is 0 Å². The first-order chi connectivity index (χ1) is 15.3. The minimum Gasteiger partial charge on any atom is -0.299 e. The molecule has 3 aromatic carbocycles. The van der Waals surface area contributed by atoms with E-state index in [1.165, 1.54) is 39.1 Å². The van der Waals surface area contributed by atoms with E-state index >= 15 is 0 Å². The summed E-state index contributed by atoms with van der Waals surface area (Å²) >= 11 is 0. The van der Waals surface area contributed by atoms with Gasteiger partial charge in [0.05, 0.1) is 5.69 Å². The molecule has 0 aliphatic heterocycles. The van der Waals surface area contributed by atoms with Crippen LogP contribution in [0.2, 0.25) is 0 Å². The van der Waals surface area contributed by atoms with Crippen molar-refractivity contribution in [2.75, 3.05) is 0 Å². The Morgan fingerprint density at radius 1 is 0.812 bits per heavy atom. The minimum atomic E-state index is -0.0893. The van der Waals surface area contributed by atoms with Crippen molar-refractivity contribution >= 4 is 0 Å². The third-order valence-corrected chi connectivity index (χ3v) is 7.01. The zero-order valence-electron chi connectivity index (χ0n) is 20.0. The number of nitrogens with zero attached hydrogens (tertiary/aromatic N) is 2. The summed E-state index contributed by atoms with van der Waals surface area (Å²) in [5.41, 5.74) is 10.9. The molecule has 0 spiro atoms. The second-order valence-electron chi connectivity index (χ2n) is 10.1. The lowest BCUT2D eigenvalue weighted by Crippen LogP contribution is -2.20. The summed E-state index contributed by atoms with van der Waals surface area (Å²) < 4.78 is 2.33. The van der Waals surface area contributed by atoms with Crippen LogP contribution in [0.25, 0.3) is 28.2 Å². The highest BCUT2D eigenvalue weighted by Crippen LogP contribution is 2.55. The van der Waals surface area contributed by atoms with Crippen LogP contribution in [0.3, 0.4) is 0 Å². The van der Waals surface area contributed by atoms with E-state index in [9.17, 15) is 0 Å². The third kappa shape index (κ3) is 2.97. The minimum absolute atomic E-state index is 0.0893. The molecule has 0 fully saturated rings. The zero-order chi connectivity index (χ0) is 22.6. The molecule has 162 valence electrons. The van der Waals surface area contributed by atoms with Gasteiger partial charge >= 0.3 is 0 Å². The average molecular weight is 421 g/mol. The molecule has 5 rings (SSSR count). The molecule has 0 atom stereocenters. The Balaban J connectivity index is 1.92. The van der Waals surface area contributed by atoms with Crippen LogP contribution >= 0.6 is 0 Å². The number of fused-ring (bicyclic) bond motifs is 3. The highest BCUT2D eigenvalue weighted by atomic mass is 15.1. The Bertz CT molecular complexity index is 1290. The molecular formula is C30H32N2. The molecule has 0 bridgehead atoms. The number of hydrogen-bond acceptors (Lipinski definition) is 1. The highest BCUT2D eigenvalue weighted by Gasteiger charge is 2.41. The lowest BCUT2D eigenvalue weighted by atomic mass is 9.78. The summed E-state index contributed by atoms with van der Waals surface area (Å²) in [5, 5.41) is 0. The molecule has 2 heteroatoms. The van der Waals surface area contributed by atoms with E-state index in [0.29, 0.717) is 11.8 Å². The standard InChI is InChI=1S/C30H32N2/c1-19(2)23-18-24(20(3)4)28(32-17-16-31-29(32)21-12-8-7-9-13-21)27-26(23)22-14-10-11-15-25(22)30(27,5)6/h7-20H,1-6H3. The normalized spacial score (nSPS) is 14.1. The third-order valence-electron chi connectivity index (χ3n) is 7.01. The van der Waals surface area contributed by atoms with E-state index in [-0.39, 0.29) is 5.41 Å². The molecule has 0 N–H and O–H groups in total. The van der Waals surface area contributed by atoms with Gasteiger partial charge in [-0.2, -0.15) is 0 Å². The topological polar surface area (TPSA) is 17.8 Å². The molecule has 2 nitrogen and oxygen atoms in total. The van der Waals surface area contributed by atoms with Gasteiger partial charge < -0.3 is 0 Å². The van der Waals surface area contributed by atoms with Gasteiger partial charge in [0, 0.05) is 23.4 Å². The summed E-state index contributed by atoms with van der Waals surface area (Å²) in [7, 11) is 0. The number of aromatic nitrogens is 2. The predicted octanol–water partition coefficient (Wildman–Crippen LogP) is 8.09. The van der Waals surface area contributed by atoms with Gasteiger partial charge in [0.2, 0.25) is 0 Å². The van der Waals surface area contributed by atoms with Gasteiger partial charge in [-0.1, -0.05) is 102 Å². The number of imidazole rings is 1. The molecule has 1 aliphatic carbocycles. The Morgan fingerprint density at radius 2 is 1.47 bits per heavy atom. The lowest BCUT2D eigenvalue weighted by molar-refractivity contribution is 0.650. The zero-order valence-corrected chi connectivity index (χ0v) is 20.0. The fourth-order valence-electron chi connectivity index (χ4n) is 5.43. The van der Waals surface area contributed by atoms with Crippen LogP contribution in [-0.2, 0) is 5.41 Å². The molecule has 1 heterocycles. The maximum atomic E-state index is 4.81. The van der Waals surface area contributed by atoms with Crippen LogP contribution in [0, 0.1) is 0 Å². The van der Waals surface area contributed by atoms with Gasteiger partial charge in [-0.3, -0.25) is 4.57 Å². The largest absolute Gasteiger partial charge is 0.299 e. The summed E-state index contributed by atoms with van der Waals surface area (Å²) in [6.07, 6.45) is 4.07. The molecular weight excluding hydrogens is 388 g/mol. The molecule has 4 aromatic rings. The Hall–Kier alpha value is -3.13. The van der Waals surface area contributed by atoms with Crippen molar-refractivity contribution in [3.8, 4) is 28.2 Å². The molecule has 0 amide bonds. The number of rotatable bonds is 4. The van der Waals surface area contributed by atoms with E-state index in [0.717, 1.165) is 11.4 Å². The molecule has 32 heavy (non-hydrogen) atoms. The van der Waals surface area contributed by atoms with Gasteiger partial charge in [-0.25, -0.2) is 4.98 Å². The number of hydrogen-bond donors (Lipinski definition) is 0. The number of benzene rings is 3. The van der Waals surface area contributed by atoms with Crippen LogP contribution < -0.4 is 0 Å². The van der Waals surface area contributed by atoms with E-state index in [4.69, 9.17) is 4.98 Å². The van der Waals surface area contributed by atoms with Crippen molar-refractivity contribution < 1.29 is 0 Å². The van der Waals surface area contributed by atoms with Crippen molar-refractivity contribution in [2.45, 2.75) is 58.8 Å². The molecule has 1 aliphatic rings. The first-order valence-electron chi connectivity index (χ1n) is 11.7. The van der Waals surface area contributed by atoms with E-state index in [1.54, 1.807) is 0 Å². The second-order valence-corrected chi connectivity index (χ2v) is 10.1. The Labute approximate surface area is 192 Å². The van der Waals surface area contributed by atoms with Gasteiger partial charge in [-0.15, -0.1) is 0 Å². The first kappa shape index (κ1) is 20.8. The Kier molecular flexibility index (Phi) is 4.85. The van der Waals surface area contributed by atoms with Crippen molar-refractivity contribution in [1.82, 2.24) is 9.55 Å². The van der Waals surface area contributed by atoms with Crippen molar-refractivity contribution in [3.05, 3.63) is 95.3 Å². The van der Waals surface area contributed by atoms with E-state index in [2.05, 4.69) is 113 Å². The Morgan fingerprint density at radius 3 is 2.16 bits per heavy atom. The van der Waals surface area contributed by atoms with Gasteiger partial charge in [-0.05, 0) is 45.2 Å². The smallest absolute Gasteiger partial charge is 0.144 e. The molecule has 0 saturated heterocycles. The van der Waals surface area contributed by atoms with Crippen molar-refractivity contribution in [2.24, 2.45) is 0 Å². The summed E-state index contributed by atoms with van der Waals surface area (Å²) in [6, 6.07) is 22.0. The van der Waals surface area contributed by atoms with Crippen LogP contribution in [0.4, 0.5) is 0 Å². The average Bonchev–Trinajstić information content (AvgIpc) is 3.35. The van der Waals surface area contributed by atoms with Crippen LogP contribution in [-0.4, -0.2) is 9.55 Å². The van der Waals surface area contributed by atoms with Gasteiger partial charge in [0.25, 0.3) is 0 Å². The van der Waals surface area contributed by atoms with Crippen molar-refractivity contribution in [1.29, 1.82) is 0 Å². The van der Waals surface area contributed by atoms with Crippen LogP contribution in [0.15, 0.2) is 73.1 Å². The lowest BCUT2D eigenvalue weighted by Gasteiger charge is -2.30. The fourth-order valence-corrected chi connectivity index (χ4v) is 5.43. The maximum Gasteiger partial charge on any atom is 0.144 e. The van der Waals surface area contributed by atoms with Crippen molar-refractivity contribution in [3.63, 3.8) is 0 Å². The van der Waals surface area contributed by atoms with Gasteiger partial charge in [0.15, 0.2) is 0 Å². The molecule has 1 aromatic heterocycles. The summed E-state index contributed by atoms with van der Waals surface area (Å²) in [6.45, 7) is 14.0. The van der Waals surface area contributed by atoms with E-state index in [1.807, 2.05) is 6.20 Å². The SMILES string of the molecule is CC(C)c1cc(C(C)C)c(-n2ccnc2-c2ccccc2)c2c1-c1ccccc1C2(C)C. The fraction of sp³-hybridized carbons (Fsp3) is 0.300. The first-order valence-corrected chi connectivity index (χ1v) is 11.7. The van der Waals surface area contributed by atoms with Crippen LogP contribution in [0.5, 0.6) is 0 Å². The second kappa shape index (κ2) is 7.48. The summed E-state index contributed by atoms with van der Waals surface area (Å²) in [4.78, 5) is 4.81. The highest BCUT2D eigenvalue weighted by molar-refractivity contribution is 5.88. The van der Waals surface area contributed by atoms with Crippen LogP contribution in [0.1, 0.15) is 75.6 Å².